The Labute approximate surface area is 131 Å². The predicted octanol–water partition coefficient (Wildman–Crippen LogP) is 1.16. The third-order valence-electron chi connectivity index (χ3n) is 3.44. The van der Waals surface area contributed by atoms with Gasteiger partial charge in [-0.3, -0.25) is 4.57 Å². The quantitative estimate of drug-likeness (QED) is 0.748. The smallest absolute Gasteiger partial charge is 0.419 e. The molecule has 0 bridgehead atoms. The van der Waals surface area contributed by atoms with E-state index in [4.69, 9.17) is 8.83 Å². The molecule has 8 nitrogen and oxygen atoms in total. The topological polar surface area (TPSA) is 107 Å². The molecule has 0 saturated carbocycles. The Bertz CT molecular complexity index is 1010. The van der Waals surface area contributed by atoms with Crippen LogP contribution in [-0.2, 0) is 30.0 Å². The molecule has 0 aliphatic rings. The van der Waals surface area contributed by atoms with E-state index < -0.39 is 15.8 Å². The van der Waals surface area contributed by atoms with Gasteiger partial charge >= 0.3 is 5.76 Å². The normalized spacial score (nSPS) is 12.1. The van der Waals surface area contributed by atoms with E-state index in [0.717, 1.165) is 0 Å². The number of nitrogens with one attached hydrogen (secondary N) is 1. The molecule has 0 aliphatic heterocycles. The van der Waals surface area contributed by atoms with Crippen LogP contribution in [0.15, 0.2) is 42.9 Å². The Morgan fingerprint density at radius 3 is 2.78 bits per heavy atom. The second-order valence-electron chi connectivity index (χ2n) is 4.95. The van der Waals surface area contributed by atoms with Crippen molar-refractivity contribution in [3.8, 4) is 0 Å². The SMILES string of the molecule is CCc1cnc(CNS(=O)(=O)c2ccc3c(c2)oc(=O)n3C)o1. The van der Waals surface area contributed by atoms with Crippen LogP contribution in [-0.4, -0.2) is 18.0 Å². The number of hydrogen-bond donors (Lipinski definition) is 1. The van der Waals surface area contributed by atoms with E-state index in [1.807, 2.05) is 6.92 Å². The number of rotatable bonds is 5. The maximum absolute atomic E-state index is 12.3. The van der Waals surface area contributed by atoms with Crippen LogP contribution in [0.1, 0.15) is 18.6 Å². The molecule has 2 aromatic heterocycles. The molecular weight excluding hydrogens is 322 g/mol. The van der Waals surface area contributed by atoms with E-state index in [0.29, 0.717) is 17.7 Å². The fourth-order valence-electron chi connectivity index (χ4n) is 2.11. The highest BCUT2D eigenvalue weighted by Crippen LogP contribution is 2.18. The molecule has 3 rings (SSSR count). The molecular formula is C14H15N3O5S. The number of fused-ring (bicyclic) bond motifs is 1. The number of hydrogen-bond acceptors (Lipinski definition) is 6. The summed E-state index contributed by atoms with van der Waals surface area (Å²) in [5.41, 5.74) is 0.735. The Balaban J connectivity index is 1.85. The van der Waals surface area contributed by atoms with Gasteiger partial charge in [0.25, 0.3) is 0 Å². The van der Waals surface area contributed by atoms with Crippen LogP contribution in [0.4, 0.5) is 0 Å². The standard InChI is InChI=1S/C14H15N3O5S/c1-3-9-7-15-13(21-9)8-16-23(19,20)10-4-5-11-12(6-10)22-14(18)17(11)2/h4-7,16H,3,8H2,1-2H3. The van der Waals surface area contributed by atoms with E-state index in [9.17, 15) is 13.2 Å². The van der Waals surface area contributed by atoms with E-state index in [1.54, 1.807) is 13.2 Å². The Hall–Kier alpha value is -2.39. The van der Waals surface area contributed by atoms with E-state index in [-0.39, 0.29) is 22.9 Å². The molecule has 0 spiro atoms. The van der Waals surface area contributed by atoms with Gasteiger partial charge in [-0.15, -0.1) is 0 Å². The summed E-state index contributed by atoms with van der Waals surface area (Å²) >= 11 is 0. The molecule has 122 valence electrons. The van der Waals surface area contributed by atoms with Crippen molar-refractivity contribution in [1.29, 1.82) is 0 Å². The molecule has 0 saturated heterocycles. The maximum Gasteiger partial charge on any atom is 0.419 e. The minimum Gasteiger partial charge on any atom is -0.444 e. The third kappa shape index (κ3) is 2.92. The summed E-state index contributed by atoms with van der Waals surface area (Å²) in [7, 11) is -2.22. The minimum atomic E-state index is -3.77. The van der Waals surface area contributed by atoms with Gasteiger partial charge in [0.1, 0.15) is 5.76 Å². The van der Waals surface area contributed by atoms with E-state index in [1.165, 1.54) is 22.8 Å². The van der Waals surface area contributed by atoms with Crippen molar-refractivity contribution in [3.63, 3.8) is 0 Å². The second kappa shape index (κ2) is 5.67. The number of oxazole rings is 2. The molecule has 0 unspecified atom stereocenters. The highest BCUT2D eigenvalue weighted by atomic mass is 32.2. The molecule has 0 amide bonds. The van der Waals surface area contributed by atoms with Crippen LogP contribution in [0.25, 0.3) is 11.1 Å². The van der Waals surface area contributed by atoms with Crippen LogP contribution in [0, 0.1) is 0 Å². The summed E-state index contributed by atoms with van der Waals surface area (Å²) in [5.74, 6) is 0.429. The van der Waals surface area contributed by atoms with Crippen molar-refractivity contribution in [3.05, 3.63) is 46.6 Å². The first-order valence-electron chi connectivity index (χ1n) is 6.93. The molecule has 1 N–H and O–H groups in total. The van der Waals surface area contributed by atoms with Crippen LogP contribution in [0.3, 0.4) is 0 Å². The molecule has 0 atom stereocenters. The first-order valence-corrected chi connectivity index (χ1v) is 8.42. The number of nitrogens with zero attached hydrogens (tertiary/aromatic N) is 2. The van der Waals surface area contributed by atoms with Crippen LogP contribution in [0.5, 0.6) is 0 Å². The fourth-order valence-corrected chi connectivity index (χ4v) is 3.10. The average Bonchev–Trinajstić information content (AvgIpc) is 3.10. The zero-order valence-electron chi connectivity index (χ0n) is 12.6. The zero-order chi connectivity index (χ0) is 16.6. The Morgan fingerprint density at radius 1 is 1.30 bits per heavy atom. The van der Waals surface area contributed by atoms with Gasteiger partial charge in [-0.05, 0) is 12.1 Å². The summed E-state index contributed by atoms with van der Waals surface area (Å²) in [6.07, 6.45) is 2.25. The summed E-state index contributed by atoms with van der Waals surface area (Å²) in [6, 6.07) is 4.24. The van der Waals surface area contributed by atoms with E-state index in [2.05, 4.69) is 9.71 Å². The van der Waals surface area contributed by atoms with Gasteiger partial charge in [-0.2, -0.15) is 0 Å². The molecule has 0 radical (unpaired) electrons. The lowest BCUT2D eigenvalue weighted by Crippen LogP contribution is -2.23. The van der Waals surface area contributed by atoms with Gasteiger partial charge in [-0.25, -0.2) is 22.9 Å². The lowest BCUT2D eigenvalue weighted by molar-refractivity contribution is 0.452. The summed E-state index contributed by atoms with van der Waals surface area (Å²) in [4.78, 5) is 15.4. The van der Waals surface area contributed by atoms with Gasteiger partial charge in [0, 0.05) is 19.5 Å². The van der Waals surface area contributed by atoms with Crippen molar-refractivity contribution < 1.29 is 17.3 Å². The average molecular weight is 337 g/mol. The lowest BCUT2D eigenvalue weighted by atomic mass is 10.3. The molecule has 9 heteroatoms. The summed E-state index contributed by atoms with van der Waals surface area (Å²) < 4.78 is 38.7. The van der Waals surface area contributed by atoms with Gasteiger partial charge in [-0.1, -0.05) is 6.92 Å². The van der Waals surface area contributed by atoms with Crippen LogP contribution < -0.4 is 10.5 Å². The van der Waals surface area contributed by atoms with Crippen molar-refractivity contribution in [2.75, 3.05) is 0 Å². The monoisotopic (exact) mass is 337 g/mol. The molecule has 3 aromatic rings. The molecule has 1 aromatic carbocycles. The lowest BCUT2D eigenvalue weighted by Gasteiger charge is -2.04. The highest BCUT2D eigenvalue weighted by molar-refractivity contribution is 7.89. The van der Waals surface area contributed by atoms with Crippen molar-refractivity contribution in [2.24, 2.45) is 7.05 Å². The van der Waals surface area contributed by atoms with Gasteiger partial charge in [0.15, 0.2) is 5.58 Å². The van der Waals surface area contributed by atoms with Gasteiger partial charge in [0.05, 0.1) is 23.2 Å². The molecule has 0 fully saturated rings. The second-order valence-corrected chi connectivity index (χ2v) is 6.72. The third-order valence-corrected chi connectivity index (χ3v) is 4.84. The van der Waals surface area contributed by atoms with Crippen LogP contribution >= 0.6 is 0 Å². The Kier molecular flexibility index (Phi) is 3.82. The number of aromatic nitrogens is 2. The summed E-state index contributed by atoms with van der Waals surface area (Å²) in [5, 5.41) is 0. The number of benzene rings is 1. The first-order chi connectivity index (χ1) is 10.9. The highest BCUT2D eigenvalue weighted by Gasteiger charge is 2.17. The molecule has 0 aliphatic carbocycles. The fraction of sp³-hybridized carbons (Fsp3) is 0.286. The van der Waals surface area contributed by atoms with Crippen molar-refractivity contribution in [2.45, 2.75) is 24.8 Å². The van der Waals surface area contributed by atoms with Crippen LogP contribution in [0.2, 0.25) is 0 Å². The minimum absolute atomic E-state index is 0.00150. The largest absolute Gasteiger partial charge is 0.444 e. The summed E-state index contributed by atoms with van der Waals surface area (Å²) in [6.45, 7) is 1.86. The predicted molar refractivity (Wildman–Crippen MR) is 81.4 cm³/mol. The zero-order valence-corrected chi connectivity index (χ0v) is 13.4. The Morgan fingerprint density at radius 2 is 2.09 bits per heavy atom. The van der Waals surface area contributed by atoms with Gasteiger partial charge in [0.2, 0.25) is 15.9 Å². The van der Waals surface area contributed by atoms with Crippen molar-refractivity contribution >= 4 is 21.1 Å². The molecule has 2 heterocycles. The van der Waals surface area contributed by atoms with Crippen molar-refractivity contribution in [1.82, 2.24) is 14.3 Å². The van der Waals surface area contributed by atoms with Gasteiger partial charge < -0.3 is 8.83 Å². The van der Waals surface area contributed by atoms with E-state index >= 15 is 0 Å². The first kappa shape index (κ1) is 15.5. The number of aryl methyl sites for hydroxylation is 2. The maximum atomic E-state index is 12.3. The molecule has 23 heavy (non-hydrogen) atoms. The number of sulfonamides is 1.